The molecule has 0 saturated heterocycles. The molecule has 3 atom stereocenters. The normalized spacial score (nSPS) is 19.3. The second kappa shape index (κ2) is 5.88. The highest BCUT2D eigenvalue weighted by atomic mass is 16.3. The summed E-state index contributed by atoms with van der Waals surface area (Å²) in [4.78, 5) is 4.34. The van der Waals surface area contributed by atoms with Crippen molar-refractivity contribution in [3.8, 4) is 11.3 Å². The molecular weight excluding hydrogens is 272 g/mol. The maximum absolute atomic E-state index is 10.9. The number of fused-ring (bicyclic) bond motifs is 3. The van der Waals surface area contributed by atoms with Crippen molar-refractivity contribution in [2.75, 3.05) is 0 Å². The smallest absolute Gasteiger partial charge is 0.0956 e. The van der Waals surface area contributed by atoms with Gasteiger partial charge >= 0.3 is 0 Å². The molecule has 1 aromatic heterocycles. The minimum absolute atomic E-state index is 0.188. The van der Waals surface area contributed by atoms with Gasteiger partial charge in [-0.25, -0.2) is 4.98 Å². The Morgan fingerprint density at radius 3 is 2.59 bits per heavy atom. The largest absolute Gasteiger partial charge is 0.392 e. The van der Waals surface area contributed by atoms with Crippen molar-refractivity contribution < 1.29 is 5.11 Å². The van der Waals surface area contributed by atoms with Crippen LogP contribution in [0.5, 0.6) is 0 Å². The van der Waals surface area contributed by atoms with E-state index in [-0.39, 0.29) is 24.0 Å². The van der Waals surface area contributed by atoms with Crippen LogP contribution in [-0.2, 0) is 0 Å². The van der Waals surface area contributed by atoms with Crippen molar-refractivity contribution >= 4 is 0 Å². The van der Waals surface area contributed by atoms with Crippen LogP contribution in [-0.4, -0.2) is 20.8 Å². The van der Waals surface area contributed by atoms with Crippen molar-refractivity contribution in [2.24, 2.45) is 17.8 Å². The minimum Gasteiger partial charge on any atom is -0.392 e. The number of benzene rings is 1. The summed E-state index contributed by atoms with van der Waals surface area (Å²) >= 11 is 0. The first-order valence-corrected chi connectivity index (χ1v) is 8.30. The Kier molecular flexibility index (Phi) is 4.09. The summed E-state index contributed by atoms with van der Waals surface area (Å²) in [5.74, 6) is 1.01. The van der Waals surface area contributed by atoms with Crippen molar-refractivity contribution in [1.82, 2.24) is 9.55 Å². The lowest BCUT2D eigenvalue weighted by Gasteiger charge is -2.33. The van der Waals surface area contributed by atoms with E-state index in [1.807, 2.05) is 12.5 Å². The zero-order valence-electron chi connectivity index (χ0n) is 13.9. The fraction of sp³-hybridized carbons (Fsp3) is 0.526. The van der Waals surface area contributed by atoms with E-state index in [0.717, 1.165) is 6.42 Å². The van der Waals surface area contributed by atoms with E-state index in [9.17, 15) is 5.11 Å². The second-order valence-corrected chi connectivity index (χ2v) is 7.25. The van der Waals surface area contributed by atoms with Crippen LogP contribution in [0.4, 0.5) is 0 Å². The Morgan fingerprint density at radius 1 is 1.18 bits per heavy atom. The first-order valence-electron chi connectivity index (χ1n) is 8.30. The van der Waals surface area contributed by atoms with Crippen molar-refractivity contribution in [2.45, 2.75) is 46.3 Å². The zero-order valence-corrected chi connectivity index (χ0v) is 13.9. The number of nitrogens with zero attached hydrogens (tertiary/aromatic N) is 2. The fourth-order valence-corrected chi connectivity index (χ4v) is 3.80. The summed E-state index contributed by atoms with van der Waals surface area (Å²) in [6.45, 7) is 8.67. The van der Waals surface area contributed by atoms with E-state index in [1.165, 1.54) is 16.8 Å². The van der Waals surface area contributed by atoms with Crippen molar-refractivity contribution in [3.63, 3.8) is 0 Å². The molecule has 3 heteroatoms. The lowest BCUT2D eigenvalue weighted by Crippen LogP contribution is -2.34. The highest BCUT2D eigenvalue weighted by Crippen LogP contribution is 2.46. The minimum atomic E-state index is -0.311. The van der Waals surface area contributed by atoms with E-state index in [1.54, 1.807) is 0 Å². The van der Waals surface area contributed by atoms with Crippen LogP contribution >= 0.6 is 0 Å². The molecule has 2 unspecified atom stereocenters. The van der Waals surface area contributed by atoms with Gasteiger partial charge in [0.25, 0.3) is 0 Å². The number of aliphatic hydroxyl groups is 1. The number of hydrogen-bond donors (Lipinski definition) is 1. The Balaban J connectivity index is 2.08. The van der Waals surface area contributed by atoms with Crippen molar-refractivity contribution in [3.05, 3.63) is 42.4 Å². The highest BCUT2D eigenvalue weighted by Gasteiger charge is 2.38. The third-order valence-electron chi connectivity index (χ3n) is 4.79. The molecule has 0 fully saturated rings. The quantitative estimate of drug-likeness (QED) is 0.901. The topological polar surface area (TPSA) is 38.1 Å². The van der Waals surface area contributed by atoms with Crippen LogP contribution in [0.15, 0.2) is 36.8 Å². The Bertz CT molecular complexity index is 644. The summed E-state index contributed by atoms with van der Waals surface area (Å²) in [5.41, 5.74) is 3.75. The molecule has 2 heterocycles. The van der Waals surface area contributed by atoms with E-state index in [2.05, 4.69) is 61.5 Å². The Morgan fingerprint density at radius 2 is 1.91 bits per heavy atom. The molecule has 0 aliphatic carbocycles. The van der Waals surface area contributed by atoms with Gasteiger partial charge in [0, 0.05) is 11.5 Å². The molecule has 22 heavy (non-hydrogen) atoms. The number of imidazole rings is 1. The summed E-state index contributed by atoms with van der Waals surface area (Å²) in [7, 11) is 0. The second-order valence-electron chi connectivity index (χ2n) is 7.25. The maximum Gasteiger partial charge on any atom is 0.0956 e. The van der Waals surface area contributed by atoms with Crippen LogP contribution < -0.4 is 0 Å². The SMILES string of the molecule is CC(C)CC(C(O)C(C)C)[C@H]1c2ccccc2-c2cncn21. The van der Waals surface area contributed by atoms with Crippen LogP contribution in [0.3, 0.4) is 0 Å². The molecule has 1 aliphatic rings. The Hall–Kier alpha value is -1.61. The third kappa shape index (κ3) is 2.48. The molecule has 1 N–H and O–H groups in total. The monoisotopic (exact) mass is 298 g/mol. The van der Waals surface area contributed by atoms with Gasteiger partial charge in [0.15, 0.2) is 0 Å². The summed E-state index contributed by atoms with van der Waals surface area (Å²) in [5, 5.41) is 10.9. The predicted molar refractivity (Wildman–Crippen MR) is 89.6 cm³/mol. The maximum atomic E-state index is 10.9. The van der Waals surface area contributed by atoms with Crippen LogP contribution in [0, 0.1) is 17.8 Å². The van der Waals surface area contributed by atoms with Gasteiger partial charge in [-0.3, -0.25) is 0 Å². The highest BCUT2D eigenvalue weighted by molar-refractivity contribution is 5.69. The van der Waals surface area contributed by atoms with Gasteiger partial charge in [-0.05, 0) is 23.8 Å². The van der Waals surface area contributed by atoms with E-state index in [0.29, 0.717) is 5.92 Å². The molecule has 118 valence electrons. The van der Waals surface area contributed by atoms with Gasteiger partial charge in [0.05, 0.1) is 30.4 Å². The number of aliphatic hydroxyl groups excluding tert-OH is 1. The molecule has 0 bridgehead atoms. The molecule has 3 rings (SSSR count). The van der Waals surface area contributed by atoms with Crippen molar-refractivity contribution in [1.29, 1.82) is 0 Å². The Labute approximate surface area is 133 Å². The number of hydrogen-bond acceptors (Lipinski definition) is 2. The molecule has 0 saturated carbocycles. The van der Waals surface area contributed by atoms with Crippen LogP contribution in [0.25, 0.3) is 11.3 Å². The van der Waals surface area contributed by atoms with Gasteiger partial charge in [0.2, 0.25) is 0 Å². The summed E-state index contributed by atoms with van der Waals surface area (Å²) in [6, 6.07) is 8.73. The molecule has 1 aromatic carbocycles. The first kappa shape index (κ1) is 15.3. The molecular formula is C19H26N2O. The molecule has 3 nitrogen and oxygen atoms in total. The molecule has 1 aliphatic heterocycles. The standard InChI is InChI=1S/C19H26N2O/c1-12(2)9-16(19(22)13(3)4)18-15-8-6-5-7-14(15)17-10-20-11-21(17)18/h5-8,10-13,16,18-19,22H,9H2,1-4H3/t16?,18-,19?/m1/s1. The predicted octanol–water partition coefficient (Wildman–Crippen LogP) is 4.13. The first-order chi connectivity index (χ1) is 10.5. The van der Waals surface area contributed by atoms with E-state index < -0.39 is 0 Å². The zero-order chi connectivity index (χ0) is 15.9. The van der Waals surface area contributed by atoms with Gasteiger partial charge in [0.1, 0.15) is 0 Å². The average Bonchev–Trinajstić information content (AvgIpc) is 3.04. The number of aromatic nitrogens is 2. The summed E-state index contributed by atoms with van der Waals surface area (Å²) < 4.78 is 2.25. The van der Waals surface area contributed by atoms with Crippen LogP contribution in [0.2, 0.25) is 0 Å². The molecule has 2 aromatic rings. The van der Waals surface area contributed by atoms with Gasteiger partial charge in [-0.15, -0.1) is 0 Å². The summed E-state index contributed by atoms with van der Waals surface area (Å²) in [6.07, 6.45) is 4.55. The fourth-order valence-electron chi connectivity index (χ4n) is 3.80. The molecule has 0 radical (unpaired) electrons. The average molecular weight is 298 g/mol. The molecule has 0 amide bonds. The van der Waals surface area contributed by atoms with E-state index >= 15 is 0 Å². The van der Waals surface area contributed by atoms with Crippen LogP contribution in [0.1, 0.15) is 45.7 Å². The molecule has 0 spiro atoms. The van der Waals surface area contributed by atoms with Gasteiger partial charge in [-0.2, -0.15) is 0 Å². The lowest BCUT2D eigenvalue weighted by molar-refractivity contribution is 0.0364. The number of rotatable bonds is 5. The lowest BCUT2D eigenvalue weighted by atomic mass is 9.79. The van der Waals surface area contributed by atoms with Gasteiger partial charge in [-0.1, -0.05) is 52.0 Å². The van der Waals surface area contributed by atoms with Gasteiger partial charge < -0.3 is 9.67 Å². The van der Waals surface area contributed by atoms with E-state index in [4.69, 9.17) is 0 Å². The third-order valence-corrected chi connectivity index (χ3v) is 4.79.